The van der Waals surface area contributed by atoms with E-state index in [-0.39, 0.29) is 24.5 Å². The average molecular weight is 292 g/mol. The Kier molecular flexibility index (Phi) is 5.78. The molecule has 0 aliphatic heterocycles. The molecule has 8 heteroatoms. The van der Waals surface area contributed by atoms with Crippen LogP contribution in [-0.2, 0) is 4.74 Å². The number of hydrogen-bond acceptors (Lipinski definition) is 4. The highest BCUT2D eigenvalue weighted by molar-refractivity contribution is 5.96. The van der Waals surface area contributed by atoms with Crippen molar-refractivity contribution in [3.63, 3.8) is 0 Å². The molecule has 0 heterocycles. The summed E-state index contributed by atoms with van der Waals surface area (Å²) in [4.78, 5) is 11.4. The highest BCUT2D eigenvalue weighted by Crippen LogP contribution is 2.22. The summed E-state index contributed by atoms with van der Waals surface area (Å²) in [5.41, 5.74) is 2.14. The standard InChI is InChI=1S/C12H15F3N2O3/c1-8(12(13,14)15)19-6-7-20-10-5-3-2-4-9(10)11(18)17-16/h2-5,8H,6-7,16H2,1H3,(H,17,18). The number of nitrogens with one attached hydrogen (secondary N) is 1. The molecule has 0 saturated carbocycles. The molecule has 5 nitrogen and oxygen atoms in total. The summed E-state index contributed by atoms with van der Waals surface area (Å²) in [6.45, 7) is 0.546. The molecular weight excluding hydrogens is 277 g/mol. The van der Waals surface area contributed by atoms with Crippen molar-refractivity contribution in [1.29, 1.82) is 0 Å². The maximum atomic E-state index is 12.2. The number of hydrogen-bond donors (Lipinski definition) is 2. The SMILES string of the molecule is CC(OCCOc1ccccc1C(=O)NN)C(F)(F)F. The van der Waals surface area contributed by atoms with Crippen LogP contribution in [-0.4, -0.2) is 31.4 Å². The fourth-order valence-corrected chi connectivity index (χ4v) is 1.33. The van der Waals surface area contributed by atoms with Gasteiger partial charge in [0.2, 0.25) is 0 Å². The first-order chi connectivity index (χ1) is 9.36. The van der Waals surface area contributed by atoms with Gasteiger partial charge in [0.25, 0.3) is 5.91 Å². The number of rotatable bonds is 6. The van der Waals surface area contributed by atoms with E-state index < -0.39 is 18.2 Å². The molecule has 0 spiro atoms. The molecule has 0 fully saturated rings. The normalized spacial score (nSPS) is 12.8. The quantitative estimate of drug-likeness (QED) is 0.362. The minimum Gasteiger partial charge on any atom is -0.490 e. The Bertz CT molecular complexity index is 452. The number of hydrazine groups is 1. The number of amides is 1. The third kappa shape index (κ3) is 4.71. The van der Waals surface area contributed by atoms with Gasteiger partial charge in [0.1, 0.15) is 12.4 Å². The second-order valence-corrected chi connectivity index (χ2v) is 3.87. The van der Waals surface area contributed by atoms with Gasteiger partial charge in [-0.3, -0.25) is 10.2 Å². The van der Waals surface area contributed by atoms with Crippen LogP contribution in [0.15, 0.2) is 24.3 Å². The Morgan fingerprint density at radius 1 is 1.35 bits per heavy atom. The lowest BCUT2D eigenvalue weighted by Crippen LogP contribution is -2.31. The molecule has 0 aliphatic carbocycles. The van der Waals surface area contributed by atoms with Gasteiger partial charge in [-0.1, -0.05) is 12.1 Å². The van der Waals surface area contributed by atoms with E-state index >= 15 is 0 Å². The van der Waals surface area contributed by atoms with E-state index in [0.717, 1.165) is 6.92 Å². The maximum Gasteiger partial charge on any atom is 0.414 e. The van der Waals surface area contributed by atoms with Gasteiger partial charge in [-0.25, -0.2) is 5.84 Å². The van der Waals surface area contributed by atoms with Gasteiger partial charge < -0.3 is 9.47 Å². The molecule has 0 saturated heterocycles. The van der Waals surface area contributed by atoms with Crippen molar-refractivity contribution < 1.29 is 27.4 Å². The predicted molar refractivity (Wildman–Crippen MR) is 65.1 cm³/mol. The largest absolute Gasteiger partial charge is 0.490 e. The molecule has 112 valence electrons. The Hall–Kier alpha value is -1.80. The van der Waals surface area contributed by atoms with E-state index in [1.165, 1.54) is 12.1 Å². The van der Waals surface area contributed by atoms with E-state index in [1.807, 2.05) is 5.43 Å². The molecule has 1 atom stereocenters. The summed E-state index contributed by atoms with van der Waals surface area (Å²) in [6, 6.07) is 6.23. The molecular formula is C12H15F3N2O3. The highest BCUT2D eigenvalue weighted by atomic mass is 19.4. The molecule has 1 unspecified atom stereocenters. The lowest BCUT2D eigenvalue weighted by molar-refractivity contribution is -0.215. The molecule has 1 aromatic rings. The molecule has 0 aliphatic rings. The molecule has 0 radical (unpaired) electrons. The monoisotopic (exact) mass is 292 g/mol. The molecule has 1 rings (SSSR count). The zero-order chi connectivity index (χ0) is 15.2. The van der Waals surface area contributed by atoms with Crippen LogP contribution in [0, 0.1) is 0 Å². The molecule has 0 aromatic heterocycles. The third-order valence-electron chi connectivity index (χ3n) is 2.43. The number of carbonyl (C=O) groups is 1. The van der Waals surface area contributed by atoms with Crippen LogP contribution >= 0.6 is 0 Å². The lowest BCUT2D eigenvalue weighted by Gasteiger charge is -2.16. The number of para-hydroxylation sites is 1. The van der Waals surface area contributed by atoms with Crippen LogP contribution in [0.5, 0.6) is 5.75 Å². The zero-order valence-electron chi connectivity index (χ0n) is 10.7. The van der Waals surface area contributed by atoms with E-state index in [9.17, 15) is 18.0 Å². The summed E-state index contributed by atoms with van der Waals surface area (Å²) in [5, 5.41) is 0. The highest BCUT2D eigenvalue weighted by Gasteiger charge is 2.36. The first-order valence-corrected chi connectivity index (χ1v) is 5.77. The van der Waals surface area contributed by atoms with Crippen molar-refractivity contribution >= 4 is 5.91 Å². The van der Waals surface area contributed by atoms with Gasteiger partial charge in [-0.2, -0.15) is 13.2 Å². The zero-order valence-corrected chi connectivity index (χ0v) is 10.7. The predicted octanol–water partition coefficient (Wildman–Crippen LogP) is 1.64. The van der Waals surface area contributed by atoms with Crippen LogP contribution in [0.4, 0.5) is 13.2 Å². The number of benzene rings is 1. The van der Waals surface area contributed by atoms with Gasteiger partial charge in [-0.05, 0) is 19.1 Å². The van der Waals surface area contributed by atoms with Crippen LogP contribution < -0.4 is 16.0 Å². The first-order valence-electron chi connectivity index (χ1n) is 5.77. The van der Waals surface area contributed by atoms with Crippen LogP contribution in [0.3, 0.4) is 0 Å². The van der Waals surface area contributed by atoms with Crippen molar-refractivity contribution in [2.45, 2.75) is 19.2 Å². The summed E-state index contributed by atoms with van der Waals surface area (Å²) in [7, 11) is 0. The van der Waals surface area contributed by atoms with E-state index in [0.29, 0.717) is 0 Å². The molecule has 1 amide bonds. The van der Waals surface area contributed by atoms with Gasteiger partial charge in [0.15, 0.2) is 6.10 Å². The second kappa shape index (κ2) is 7.11. The van der Waals surface area contributed by atoms with E-state index in [2.05, 4.69) is 4.74 Å². The van der Waals surface area contributed by atoms with Crippen molar-refractivity contribution in [3.8, 4) is 5.75 Å². The minimum atomic E-state index is -4.41. The summed E-state index contributed by atoms with van der Waals surface area (Å²) in [5.74, 6) is 4.68. The summed E-state index contributed by atoms with van der Waals surface area (Å²) < 4.78 is 46.3. The number of nitrogen functional groups attached to an aromatic ring is 1. The van der Waals surface area contributed by atoms with Crippen LogP contribution in [0.25, 0.3) is 0 Å². The van der Waals surface area contributed by atoms with Gasteiger partial charge in [0.05, 0.1) is 12.2 Å². The average Bonchev–Trinajstić information content (AvgIpc) is 2.41. The smallest absolute Gasteiger partial charge is 0.414 e. The third-order valence-corrected chi connectivity index (χ3v) is 2.43. The summed E-state index contributed by atoms with van der Waals surface area (Å²) >= 11 is 0. The van der Waals surface area contributed by atoms with E-state index in [4.69, 9.17) is 10.6 Å². The van der Waals surface area contributed by atoms with Crippen molar-refractivity contribution in [3.05, 3.63) is 29.8 Å². The van der Waals surface area contributed by atoms with Gasteiger partial charge in [-0.15, -0.1) is 0 Å². The molecule has 20 heavy (non-hydrogen) atoms. The molecule has 0 bridgehead atoms. The van der Waals surface area contributed by atoms with Crippen molar-refractivity contribution in [2.75, 3.05) is 13.2 Å². The number of ether oxygens (including phenoxy) is 2. The van der Waals surface area contributed by atoms with Crippen LogP contribution in [0.1, 0.15) is 17.3 Å². The fourth-order valence-electron chi connectivity index (χ4n) is 1.33. The second-order valence-electron chi connectivity index (χ2n) is 3.87. The lowest BCUT2D eigenvalue weighted by atomic mass is 10.2. The first kappa shape index (κ1) is 16.3. The van der Waals surface area contributed by atoms with Crippen LogP contribution in [0.2, 0.25) is 0 Å². The Balaban J connectivity index is 2.49. The minimum absolute atomic E-state index is 0.116. The van der Waals surface area contributed by atoms with Gasteiger partial charge >= 0.3 is 6.18 Å². The van der Waals surface area contributed by atoms with Crippen molar-refractivity contribution in [2.24, 2.45) is 5.84 Å². The Morgan fingerprint density at radius 3 is 2.60 bits per heavy atom. The molecule has 1 aromatic carbocycles. The summed E-state index contributed by atoms with van der Waals surface area (Å²) in [6.07, 6.45) is -6.27. The molecule has 3 N–H and O–H groups in total. The Labute approximate surface area is 113 Å². The number of halogens is 3. The topological polar surface area (TPSA) is 73.6 Å². The number of nitrogens with two attached hydrogens (primary N) is 1. The maximum absolute atomic E-state index is 12.2. The Morgan fingerprint density at radius 2 is 2.00 bits per heavy atom. The van der Waals surface area contributed by atoms with Gasteiger partial charge in [0, 0.05) is 0 Å². The van der Waals surface area contributed by atoms with Crippen molar-refractivity contribution in [1.82, 2.24) is 5.43 Å². The number of alkyl halides is 3. The number of carbonyl (C=O) groups excluding carboxylic acids is 1. The fraction of sp³-hybridized carbons (Fsp3) is 0.417. The van der Waals surface area contributed by atoms with E-state index in [1.54, 1.807) is 12.1 Å².